The highest BCUT2D eigenvalue weighted by Gasteiger charge is 2.14. The average molecular weight is 244 g/mol. The monoisotopic (exact) mass is 243 g/mol. The maximum Gasteiger partial charge on any atom is 0.121 e. The van der Waals surface area contributed by atoms with E-state index >= 15 is 0 Å². The third-order valence-electron chi connectivity index (χ3n) is 2.56. The van der Waals surface area contributed by atoms with E-state index in [0.717, 1.165) is 42.0 Å². The van der Waals surface area contributed by atoms with E-state index in [1.165, 1.54) is 0 Å². The average Bonchev–Trinajstić information content (AvgIpc) is 2.25. The van der Waals surface area contributed by atoms with E-state index in [-0.39, 0.29) is 0 Å². The van der Waals surface area contributed by atoms with Gasteiger partial charge in [0.05, 0.1) is 5.02 Å². The normalized spacial score (nSPS) is 17.7. The molecule has 1 heterocycles. The van der Waals surface area contributed by atoms with Crippen LogP contribution in [0.4, 0.5) is 0 Å². The molecule has 1 aliphatic heterocycles. The minimum Gasteiger partial charge on any atom is -0.490 e. The molecule has 0 bridgehead atoms. The van der Waals surface area contributed by atoms with Gasteiger partial charge < -0.3 is 10.1 Å². The van der Waals surface area contributed by atoms with Crippen molar-refractivity contribution < 1.29 is 4.74 Å². The lowest BCUT2D eigenvalue weighted by atomic mass is 10.1. The molecule has 1 unspecified atom stereocenters. The SMILES string of the molecule is Pc1ccc(OC2CCNCC2)cc1Cl. The number of benzene rings is 1. The fraction of sp³-hybridized carbons (Fsp3) is 0.455. The van der Waals surface area contributed by atoms with E-state index in [4.69, 9.17) is 16.3 Å². The van der Waals surface area contributed by atoms with Gasteiger partial charge in [-0.1, -0.05) is 11.6 Å². The maximum absolute atomic E-state index is 6.02. The van der Waals surface area contributed by atoms with E-state index in [1.54, 1.807) is 0 Å². The van der Waals surface area contributed by atoms with E-state index in [2.05, 4.69) is 14.6 Å². The number of hydrogen-bond donors (Lipinski definition) is 1. The summed E-state index contributed by atoms with van der Waals surface area (Å²) in [6, 6.07) is 5.81. The molecule has 82 valence electrons. The molecule has 0 saturated carbocycles. The van der Waals surface area contributed by atoms with E-state index in [9.17, 15) is 0 Å². The molecule has 0 spiro atoms. The van der Waals surface area contributed by atoms with Crippen LogP contribution in [0.2, 0.25) is 5.02 Å². The fourth-order valence-corrected chi connectivity index (χ4v) is 2.04. The summed E-state index contributed by atoms with van der Waals surface area (Å²) in [6.45, 7) is 2.08. The van der Waals surface area contributed by atoms with Crippen molar-refractivity contribution in [2.45, 2.75) is 18.9 Å². The molecule has 1 fully saturated rings. The molecule has 1 aromatic rings. The molecule has 0 radical (unpaired) electrons. The molecule has 2 nitrogen and oxygen atoms in total. The summed E-state index contributed by atoms with van der Waals surface area (Å²) in [5, 5.41) is 5.06. The molecular formula is C11H15ClNOP. The first-order valence-electron chi connectivity index (χ1n) is 5.18. The molecule has 1 atom stereocenters. The highest BCUT2D eigenvalue weighted by molar-refractivity contribution is 7.28. The second-order valence-electron chi connectivity index (χ2n) is 3.75. The molecular weight excluding hydrogens is 229 g/mol. The van der Waals surface area contributed by atoms with E-state index in [1.807, 2.05) is 18.2 Å². The summed E-state index contributed by atoms with van der Waals surface area (Å²) in [4.78, 5) is 0. The lowest BCUT2D eigenvalue weighted by molar-refractivity contribution is 0.162. The minimum absolute atomic E-state index is 0.331. The molecule has 0 aromatic heterocycles. The Kier molecular flexibility index (Phi) is 3.85. The second-order valence-corrected chi connectivity index (χ2v) is 4.78. The minimum atomic E-state index is 0.331. The number of nitrogens with one attached hydrogen (secondary N) is 1. The molecule has 4 heteroatoms. The third-order valence-corrected chi connectivity index (χ3v) is 3.57. The number of halogens is 1. The van der Waals surface area contributed by atoms with Crippen molar-refractivity contribution in [3.63, 3.8) is 0 Å². The van der Waals surface area contributed by atoms with Crippen LogP contribution in [0.25, 0.3) is 0 Å². The lowest BCUT2D eigenvalue weighted by Gasteiger charge is -2.23. The van der Waals surface area contributed by atoms with Gasteiger partial charge in [0.1, 0.15) is 11.9 Å². The summed E-state index contributed by atoms with van der Waals surface area (Å²) >= 11 is 6.02. The summed E-state index contributed by atoms with van der Waals surface area (Å²) in [6.07, 6.45) is 2.47. The number of rotatable bonds is 2. The first kappa shape index (κ1) is 11.2. The fourth-order valence-electron chi connectivity index (χ4n) is 1.69. The van der Waals surface area contributed by atoms with Crippen molar-refractivity contribution in [3.8, 4) is 5.75 Å². The van der Waals surface area contributed by atoms with Gasteiger partial charge in [-0.15, -0.1) is 9.24 Å². The van der Waals surface area contributed by atoms with Crippen molar-refractivity contribution in [2.75, 3.05) is 13.1 Å². The lowest BCUT2D eigenvalue weighted by Crippen LogP contribution is -2.34. The van der Waals surface area contributed by atoms with Gasteiger partial charge in [-0.3, -0.25) is 0 Å². The van der Waals surface area contributed by atoms with Crippen LogP contribution in [0.15, 0.2) is 18.2 Å². The van der Waals surface area contributed by atoms with Gasteiger partial charge in [0.25, 0.3) is 0 Å². The molecule has 1 aliphatic rings. The Morgan fingerprint density at radius 3 is 2.73 bits per heavy atom. The molecule has 15 heavy (non-hydrogen) atoms. The Bertz CT molecular complexity index is 339. The van der Waals surface area contributed by atoms with E-state index in [0.29, 0.717) is 6.10 Å². The van der Waals surface area contributed by atoms with Gasteiger partial charge in [-0.2, -0.15) is 0 Å². The quantitative estimate of drug-likeness (QED) is 0.802. The predicted octanol–water partition coefficient (Wildman–Crippen LogP) is 1.97. The van der Waals surface area contributed by atoms with Gasteiger partial charge in [-0.05, 0) is 49.4 Å². The van der Waals surface area contributed by atoms with Gasteiger partial charge >= 0.3 is 0 Å². The zero-order valence-electron chi connectivity index (χ0n) is 8.50. The summed E-state index contributed by atoms with van der Waals surface area (Å²) in [5.74, 6) is 0.873. The first-order valence-corrected chi connectivity index (χ1v) is 6.13. The molecule has 0 aliphatic carbocycles. The maximum atomic E-state index is 6.02. The smallest absolute Gasteiger partial charge is 0.121 e. The zero-order valence-corrected chi connectivity index (χ0v) is 10.4. The Morgan fingerprint density at radius 1 is 1.33 bits per heavy atom. The second kappa shape index (κ2) is 5.16. The number of ether oxygens (including phenoxy) is 1. The Labute approximate surface area is 97.5 Å². The Balaban J connectivity index is 2.00. The summed E-state index contributed by atoms with van der Waals surface area (Å²) in [7, 11) is 2.60. The van der Waals surface area contributed by atoms with Gasteiger partial charge in [-0.25, -0.2) is 0 Å². The van der Waals surface area contributed by atoms with Crippen LogP contribution < -0.4 is 15.4 Å². The molecule has 2 rings (SSSR count). The highest BCUT2D eigenvalue weighted by Crippen LogP contribution is 2.20. The van der Waals surface area contributed by atoms with Crippen LogP contribution in [-0.2, 0) is 0 Å². The van der Waals surface area contributed by atoms with Gasteiger partial charge in [0.2, 0.25) is 0 Å². The summed E-state index contributed by atoms with van der Waals surface area (Å²) in [5.41, 5.74) is 0. The number of piperidine rings is 1. The molecule has 1 aromatic carbocycles. The molecule has 1 N–H and O–H groups in total. The molecule has 0 amide bonds. The Morgan fingerprint density at radius 2 is 2.07 bits per heavy atom. The number of hydrogen-bond acceptors (Lipinski definition) is 2. The third kappa shape index (κ3) is 3.07. The van der Waals surface area contributed by atoms with Crippen molar-refractivity contribution in [2.24, 2.45) is 0 Å². The van der Waals surface area contributed by atoms with Crippen LogP contribution in [0.3, 0.4) is 0 Å². The van der Waals surface area contributed by atoms with Crippen LogP contribution in [0, 0.1) is 0 Å². The van der Waals surface area contributed by atoms with Crippen molar-refractivity contribution >= 4 is 26.1 Å². The highest BCUT2D eigenvalue weighted by atomic mass is 35.5. The topological polar surface area (TPSA) is 21.3 Å². The summed E-state index contributed by atoms with van der Waals surface area (Å²) < 4.78 is 5.86. The van der Waals surface area contributed by atoms with Crippen LogP contribution in [0.5, 0.6) is 5.75 Å². The van der Waals surface area contributed by atoms with Crippen molar-refractivity contribution in [1.82, 2.24) is 5.32 Å². The van der Waals surface area contributed by atoms with Crippen molar-refractivity contribution in [1.29, 1.82) is 0 Å². The Hall–Kier alpha value is -0.300. The first-order chi connectivity index (χ1) is 7.25. The van der Waals surface area contributed by atoms with Gasteiger partial charge in [0, 0.05) is 0 Å². The van der Waals surface area contributed by atoms with Crippen LogP contribution in [0.1, 0.15) is 12.8 Å². The zero-order chi connectivity index (χ0) is 10.7. The van der Waals surface area contributed by atoms with Crippen LogP contribution in [-0.4, -0.2) is 19.2 Å². The van der Waals surface area contributed by atoms with Crippen LogP contribution >= 0.6 is 20.8 Å². The predicted molar refractivity (Wildman–Crippen MR) is 67.3 cm³/mol. The van der Waals surface area contributed by atoms with Crippen molar-refractivity contribution in [3.05, 3.63) is 23.2 Å². The van der Waals surface area contributed by atoms with Gasteiger partial charge in [0.15, 0.2) is 0 Å². The largest absolute Gasteiger partial charge is 0.490 e. The van der Waals surface area contributed by atoms with E-state index < -0.39 is 0 Å². The molecule has 1 saturated heterocycles. The standard InChI is InChI=1S/C11H15ClNOP/c12-10-7-9(1-2-11(10)15)14-8-3-5-13-6-4-8/h1-2,7-8,13H,3-6,15H2.